The van der Waals surface area contributed by atoms with Gasteiger partial charge in [-0.2, -0.15) is 0 Å². The Morgan fingerprint density at radius 2 is 1.50 bits per heavy atom. The Balaban J connectivity index is 2.76. The summed E-state index contributed by atoms with van der Waals surface area (Å²) in [7, 11) is 1.79. The van der Waals surface area contributed by atoms with Crippen molar-refractivity contribution in [2.75, 3.05) is 7.05 Å². The maximum atomic E-state index is 12.2. The molecule has 0 radical (unpaired) electrons. The van der Waals surface area contributed by atoms with E-state index in [1.54, 1.807) is 18.9 Å². The van der Waals surface area contributed by atoms with E-state index in [0.29, 0.717) is 5.57 Å². The van der Waals surface area contributed by atoms with Crippen LogP contribution in [0, 0.1) is 0 Å². The molecule has 1 amide bonds. The van der Waals surface area contributed by atoms with Crippen LogP contribution in [0.1, 0.15) is 52.4 Å². The summed E-state index contributed by atoms with van der Waals surface area (Å²) in [6, 6.07) is 0.261. The normalized spacial score (nSPS) is 18.8. The van der Waals surface area contributed by atoms with E-state index in [2.05, 4.69) is 0 Å². The summed E-state index contributed by atoms with van der Waals surface area (Å²) in [6.45, 7) is 3.08. The first kappa shape index (κ1) is 14.7. The number of carboxylic acid groups (broad SMARTS) is 1. The predicted molar refractivity (Wildman–Crippen MR) is 70.3 cm³/mol. The molecule has 102 valence electrons. The minimum absolute atomic E-state index is 0.139. The first-order chi connectivity index (χ1) is 8.45. The second-order valence-corrected chi connectivity index (χ2v) is 5.12. The highest BCUT2D eigenvalue weighted by Crippen LogP contribution is 2.22. The van der Waals surface area contributed by atoms with Crippen LogP contribution in [0.25, 0.3) is 0 Å². The number of nitrogens with zero attached hydrogens (tertiary/aromatic N) is 1. The molecule has 0 aliphatic heterocycles. The van der Waals surface area contributed by atoms with E-state index in [1.807, 2.05) is 0 Å². The zero-order chi connectivity index (χ0) is 13.7. The Morgan fingerprint density at radius 1 is 1.00 bits per heavy atom. The third kappa shape index (κ3) is 3.59. The number of carbonyl (C=O) groups is 2. The largest absolute Gasteiger partial charge is 0.478 e. The summed E-state index contributed by atoms with van der Waals surface area (Å²) in [5.74, 6) is -1.17. The number of rotatable bonds is 3. The second kappa shape index (κ2) is 6.57. The highest BCUT2D eigenvalue weighted by atomic mass is 16.4. The summed E-state index contributed by atoms with van der Waals surface area (Å²) in [5, 5.41) is 8.91. The van der Waals surface area contributed by atoms with E-state index in [4.69, 9.17) is 5.11 Å². The van der Waals surface area contributed by atoms with Crippen molar-refractivity contribution in [2.24, 2.45) is 0 Å². The zero-order valence-electron chi connectivity index (χ0n) is 11.5. The van der Waals surface area contributed by atoms with Crippen LogP contribution in [0.15, 0.2) is 11.1 Å². The van der Waals surface area contributed by atoms with Crippen molar-refractivity contribution in [1.82, 2.24) is 4.90 Å². The maximum Gasteiger partial charge on any atom is 0.331 e. The van der Waals surface area contributed by atoms with Crippen molar-refractivity contribution in [3.8, 4) is 0 Å². The van der Waals surface area contributed by atoms with Gasteiger partial charge in [0.1, 0.15) is 0 Å². The van der Waals surface area contributed by atoms with Crippen LogP contribution in [-0.4, -0.2) is 35.0 Å². The van der Waals surface area contributed by atoms with E-state index in [0.717, 1.165) is 25.7 Å². The number of hydrogen-bond donors (Lipinski definition) is 1. The number of carbonyl (C=O) groups excluding carboxylic acids is 1. The molecule has 18 heavy (non-hydrogen) atoms. The van der Waals surface area contributed by atoms with E-state index in [1.165, 1.54) is 19.8 Å². The topological polar surface area (TPSA) is 57.6 Å². The average molecular weight is 253 g/mol. The number of aliphatic carboxylic acids is 1. The molecule has 1 aliphatic carbocycles. The van der Waals surface area contributed by atoms with E-state index in [-0.39, 0.29) is 17.5 Å². The molecule has 0 bridgehead atoms. The van der Waals surface area contributed by atoms with Crippen molar-refractivity contribution >= 4 is 11.9 Å². The van der Waals surface area contributed by atoms with Gasteiger partial charge in [0, 0.05) is 24.2 Å². The lowest BCUT2D eigenvalue weighted by Gasteiger charge is -2.27. The standard InChI is InChI=1S/C14H23NO3/c1-10(11(2)14(17)18)13(16)15(3)12-8-6-4-5-7-9-12/h12H,4-9H2,1-3H3,(H,17,18). The summed E-state index contributed by atoms with van der Waals surface area (Å²) in [6.07, 6.45) is 6.85. The molecule has 0 saturated heterocycles. The SMILES string of the molecule is CC(C(=O)O)=C(C)C(=O)N(C)C1CCCCCC1. The molecule has 1 aliphatic rings. The molecule has 1 N–H and O–H groups in total. The fourth-order valence-corrected chi connectivity index (χ4v) is 2.40. The van der Waals surface area contributed by atoms with Crippen LogP contribution in [0.4, 0.5) is 0 Å². The first-order valence-electron chi connectivity index (χ1n) is 6.63. The van der Waals surface area contributed by atoms with Crippen LogP contribution in [-0.2, 0) is 9.59 Å². The van der Waals surface area contributed by atoms with Crippen molar-refractivity contribution in [2.45, 2.75) is 58.4 Å². The van der Waals surface area contributed by atoms with Crippen LogP contribution in [0.5, 0.6) is 0 Å². The molecule has 0 aromatic carbocycles. The molecule has 0 heterocycles. The highest BCUT2D eigenvalue weighted by molar-refractivity contribution is 6.01. The van der Waals surface area contributed by atoms with E-state index >= 15 is 0 Å². The summed E-state index contributed by atoms with van der Waals surface area (Å²) in [5.41, 5.74) is 0.481. The second-order valence-electron chi connectivity index (χ2n) is 5.12. The van der Waals surface area contributed by atoms with Gasteiger partial charge in [0.15, 0.2) is 0 Å². The lowest BCUT2D eigenvalue weighted by Crippen LogP contribution is -2.37. The van der Waals surface area contributed by atoms with Gasteiger partial charge in [-0.25, -0.2) is 4.79 Å². The molecule has 1 rings (SSSR count). The molecule has 0 aromatic rings. The number of amides is 1. The van der Waals surface area contributed by atoms with Crippen molar-refractivity contribution in [1.29, 1.82) is 0 Å². The number of carboxylic acids is 1. The minimum Gasteiger partial charge on any atom is -0.478 e. The fourth-order valence-electron chi connectivity index (χ4n) is 2.40. The predicted octanol–water partition coefficient (Wildman–Crippen LogP) is 2.59. The van der Waals surface area contributed by atoms with Crippen LogP contribution in [0.2, 0.25) is 0 Å². The molecular weight excluding hydrogens is 230 g/mol. The number of likely N-dealkylation sites (N-methyl/N-ethyl adjacent to an activating group) is 1. The molecule has 1 fully saturated rings. The van der Waals surface area contributed by atoms with E-state index < -0.39 is 5.97 Å². The van der Waals surface area contributed by atoms with Gasteiger partial charge in [-0.05, 0) is 26.7 Å². The van der Waals surface area contributed by atoms with Gasteiger partial charge in [-0.3, -0.25) is 4.79 Å². The third-order valence-electron chi connectivity index (χ3n) is 3.90. The summed E-state index contributed by atoms with van der Waals surface area (Å²) in [4.78, 5) is 24.8. The Hall–Kier alpha value is -1.32. The van der Waals surface area contributed by atoms with Gasteiger partial charge in [0.05, 0.1) is 0 Å². The Kier molecular flexibility index (Phi) is 5.38. The summed E-state index contributed by atoms with van der Waals surface area (Å²) >= 11 is 0. The van der Waals surface area contributed by atoms with Gasteiger partial charge < -0.3 is 10.0 Å². The molecular formula is C14H23NO3. The maximum absolute atomic E-state index is 12.2. The zero-order valence-corrected chi connectivity index (χ0v) is 11.5. The first-order valence-corrected chi connectivity index (χ1v) is 6.63. The lowest BCUT2D eigenvalue weighted by atomic mass is 10.0. The van der Waals surface area contributed by atoms with Gasteiger partial charge >= 0.3 is 5.97 Å². The van der Waals surface area contributed by atoms with Crippen LogP contribution < -0.4 is 0 Å². The molecule has 1 saturated carbocycles. The molecule has 4 heteroatoms. The molecule has 0 aromatic heterocycles. The molecule has 0 unspecified atom stereocenters. The van der Waals surface area contributed by atoms with Gasteiger partial charge in [-0.1, -0.05) is 25.7 Å². The Labute approximate surface area is 109 Å². The molecule has 0 spiro atoms. The van der Waals surface area contributed by atoms with Gasteiger partial charge in [0.25, 0.3) is 0 Å². The summed E-state index contributed by atoms with van der Waals surface area (Å²) < 4.78 is 0. The average Bonchev–Trinajstić information content (AvgIpc) is 2.63. The highest BCUT2D eigenvalue weighted by Gasteiger charge is 2.23. The fraction of sp³-hybridized carbons (Fsp3) is 0.714. The lowest BCUT2D eigenvalue weighted by molar-refractivity contribution is -0.134. The third-order valence-corrected chi connectivity index (χ3v) is 3.90. The number of hydrogen-bond acceptors (Lipinski definition) is 2. The van der Waals surface area contributed by atoms with Gasteiger partial charge in [-0.15, -0.1) is 0 Å². The Morgan fingerprint density at radius 3 is 1.94 bits per heavy atom. The van der Waals surface area contributed by atoms with E-state index in [9.17, 15) is 9.59 Å². The van der Waals surface area contributed by atoms with Crippen LogP contribution >= 0.6 is 0 Å². The van der Waals surface area contributed by atoms with Crippen LogP contribution in [0.3, 0.4) is 0 Å². The van der Waals surface area contributed by atoms with Crippen molar-refractivity contribution in [3.05, 3.63) is 11.1 Å². The van der Waals surface area contributed by atoms with Crippen molar-refractivity contribution < 1.29 is 14.7 Å². The molecule has 0 atom stereocenters. The minimum atomic E-state index is -1.02. The van der Waals surface area contributed by atoms with Crippen molar-refractivity contribution in [3.63, 3.8) is 0 Å². The Bertz CT molecular complexity index is 352. The van der Waals surface area contributed by atoms with Gasteiger partial charge in [0.2, 0.25) is 5.91 Å². The smallest absolute Gasteiger partial charge is 0.331 e. The molecule has 4 nitrogen and oxygen atoms in total. The monoisotopic (exact) mass is 253 g/mol. The quantitative estimate of drug-likeness (QED) is 0.621.